The highest BCUT2D eigenvalue weighted by atomic mass is 32.1. The zero-order valence-electron chi connectivity index (χ0n) is 12.0. The van der Waals surface area contributed by atoms with Gasteiger partial charge in [0.2, 0.25) is 0 Å². The Morgan fingerprint density at radius 1 is 0.619 bits per heavy atom. The zero-order chi connectivity index (χ0) is 14.7. The predicted octanol–water partition coefficient (Wildman–Crippen LogP) is 5.22. The van der Waals surface area contributed by atoms with Gasteiger partial charge in [0.05, 0.1) is 4.75 Å². The van der Waals surface area contributed by atoms with Crippen molar-refractivity contribution in [1.82, 2.24) is 0 Å². The predicted molar refractivity (Wildman–Crippen MR) is 92.9 cm³/mol. The molecule has 3 aromatic rings. The number of hydrogen-bond acceptors (Lipinski definition) is 1. The summed E-state index contributed by atoms with van der Waals surface area (Å²) in [5.74, 6) is 0. The first-order valence-electron chi connectivity index (χ1n) is 7.12. The molecule has 0 aliphatic heterocycles. The van der Waals surface area contributed by atoms with Gasteiger partial charge >= 0.3 is 0 Å². The quantitative estimate of drug-likeness (QED) is 0.496. The molecule has 104 valence electrons. The lowest BCUT2D eigenvalue weighted by molar-refractivity contribution is 0.893. The molecule has 0 aliphatic carbocycles. The summed E-state index contributed by atoms with van der Waals surface area (Å²) in [5.41, 5.74) is 4.86. The Bertz CT molecular complexity index is 678. The summed E-state index contributed by atoms with van der Waals surface area (Å²) >= 11 is 5.16. The lowest BCUT2D eigenvalue weighted by atomic mass is 9.82. The van der Waals surface area contributed by atoms with Gasteiger partial charge in [0.25, 0.3) is 0 Å². The maximum Gasteiger partial charge on any atom is 0.0880 e. The van der Waals surface area contributed by atoms with Crippen LogP contribution < -0.4 is 0 Å². The first-order chi connectivity index (χ1) is 10.2. The van der Waals surface area contributed by atoms with Crippen molar-refractivity contribution in [3.05, 3.63) is 107 Å². The fourth-order valence-corrected chi connectivity index (χ4v) is 3.36. The molecule has 0 fully saturated rings. The van der Waals surface area contributed by atoms with Gasteiger partial charge in [0.15, 0.2) is 0 Å². The van der Waals surface area contributed by atoms with E-state index in [4.69, 9.17) is 12.6 Å². The highest BCUT2D eigenvalue weighted by Gasteiger charge is 2.33. The highest BCUT2D eigenvalue weighted by molar-refractivity contribution is 7.81. The molecule has 3 rings (SSSR count). The van der Waals surface area contributed by atoms with E-state index < -0.39 is 4.75 Å². The van der Waals surface area contributed by atoms with Crippen LogP contribution in [-0.2, 0) is 4.75 Å². The smallest absolute Gasteiger partial charge is 0.0880 e. The largest absolute Gasteiger partial charge is 0.158 e. The van der Waals surface area contributed by atoms with Crippen LogP contribution in [0.15, 0.2) is 84.9 Å². The van der Waals surface area contributed by atoms with Gasteiger partial charge in [-0.15, -0.1) is 0 Å². The summed E-state index contributed by atoms with van der Waals surface area (Å²) in [4.78, 5) is 0. The fourth-order valence-electron chi connectivity index (χ4n) is 2.82. The van der Waals surface area contributed by atoms with Crippen LogP contribution in [0.3, 0.4) is 0 Å². The van der Waals surface area contributed by atoms with Crippen molar-refractivity contribution in [1.29, 1.82) is 0 Å². The second-order valence-corrected chi connectivity index (χ2v) is 5.93. The van der Waals surface area contributed by atoms with Crippen LogP contribution in [0.1, 0.15) is 22.3 Å². The summed E-state index contributed by atoms with van der Waals surface area (Å²) in [6.07, 6.45) is 0. The van der Waals surface area contributed by atoms with E-state index in [0.29, 0.717) is 0 Å². The zero-order valence-corrected chi connectivity index (χ0v) is 12.9. The van der Waals surface area contributed by atoms with Crippen molar-refractivity contribution in [3.63, 3.8) is 0 Å². The molecular formula is C20H18S. The Labute approximate surface area is 131 Å². The number of thiol groups is 1. The molecule has 0 aromatic heterocycles. The van der Waals surface area contributed by atoms with E-state index in [9.17, 15) is 0 Å². The summed E-state index contributed by atoms with van der Waals surface area (Å²) in [6.45, 7) is 2.15. The van der Waals surface area contributed by atoms with E-state index in [0.717, 1.165) is 0 Å². The molecule has 0 N–H and O–H groups in total. The summed E-state index contributed by atoms with van der Waals surface area (Å²) in [5, 5.41) is 0. The number of hydrogen-bond donors (Lipinski definition) is 1. The minimum Gasteiger partial charge on any atom is -0.158 e. The fraction of sp³-hybridized carbons (Fsp3) is 0.100. The minimum atomic E-state index is -0.437. The molecular weight excluding hydrogens is 272 g/mol. The van der Waals surface area contributed by atoms with Crippen LogP contribution in [0.2, 0.25) is 0 Å². The first kappa shape index (κ1) is 14.0. The molecule has 0 heterocycles. The third-order valence-electron chi connectivity index (χ3n) is 3.92. The van der Waals surface area contributed by atoms with Gasteiger partial charge in [-0.05, 0) is 29.2 Å². The van der Waals surface area contributed by atoms with Crippen molar-refractivity contribution in [2.45, 2.75) is 11.7 Å². The van der Waals surface area contributed by atoms with Crippen LogP contribution in [0.4, 0.5) is 0 Å². The number of rotatable bonds is 3. The molecule has 0 unspecified atom stereocenters. The highest BCUT2D eigenvalue weighted by Crippen LogP contribution is 2.43. The molecule has 3 aromatic carbocycles. The van der Waals surface area contributed by atoms with Crippen LogP contribution in [0.25, 0.3) is 0 Å². The third-order valence-corrected chi connectivity index (χ3v) is 4.68. The lowest BCUT2D eigenvalue weighted by Crippen LogP contribution is -2.23. The molecule has 0 saturated carbocycles. The minimum absolute atomic E-state index is 0.437. The van der Waals surface area contributed by atoms with E-state index in [1.165, 1.54) is 22.3 Å². The van der Waals surface area contributed by atoms with E-state index >= 15 is 0 Å². The number of aryl methyl sites for hydroxylation is 1. The molecule has 0 radical (unpaired) electrons. The SMILES string of the molecule is Cc1ccccc1C(S)(c1ccccc1)c1ccccc1. The van der Waals surface area contributed by atoms with E-state index in [-0.39, 0.29) is 0 Å². The van der Waals surface area contributed by atoms with E-state index in [2.05, 4.69) is 79.7 Å². The molecule has 0 saturated heterocycles. The Morgan fingerprint density at radius 2 is 1.05 bits per heavy atom. The maximum absolute atomic E-state index is 5.16. The van der Waals surface area contributed by atoms with Gasteiger partial charge in [-0.2, -0.15) is 12.6 Å². The summed E-state index contributed by atoms with van der Waals surface area (Å²) in [7, 11) is 0. The number of benzene rings is 3. The standard InChI is InChI=1S/C20H18S/c1-16-10-8-9-15-19(16)20(21,17-11-4-2-5-12-17)18-13-6-3-7-14-18/h2-15,21H,1H3. The normalized spacial score (nSPS) is 11.3. The molecule has 0 aliphatic rings. The first-order valence-corrected chi connectivity index (χ1v) is 7.57. The van der Waals surface area contributed by atoms with E-state index in [1.54, 1.807) is 0 Å². The van der Waals surface area contributed by atoms with Gasteiger partial charge in [-0.1, -0.05) is 84.9 Å². The van der Waals surface area contributed by atoms with Gasteiger partial charge in [0, 0.05) is 0 Å². The van der Waals surface area contributed by atoms with Crippen molar-refractivity contribution < 1.29 is 0 Å². The Kier molecular flexibility index (Phi) is 3.85. The Morgan fingerprint density at radius 3 is 1.52 bits per heavy atom. The maximum atomic E-state index is 5.16. The van der Waals surface area contributed by atoms with Crippen LogP contribution in [0, 0.1) is 6.92 Å². The molecule has 21 heavy (non-hydrogen) atoms. The van der Waals surface area contributed by atoms with Crippen molar-refractivity contribution in [2.24, 2.45) is 0 Å². The van der Waals surface area contributed by atoms with E-state index in [1.807, 2.05) is 12.1 Å². The van der Waals surface area contributed by atoms with Crippen molar-refractivity contribution in [3.8, 4) is 0 Å². The molecule has 0 nitrogen and oxygen atoms in total. The van der Waals surface area contributed by atoms with Crippen LogP contribution in [0.5, 0.6) is 0 Å². The molecule has 0 amide bonds. The second-order valence-electron chi connectivity index (χ2n) is 5.26. The van der Waals surface area contributed by atoms with Crippen molar-refractivity contribution in [2.75, 3.05) is 0 Å². The Hall–Kier alpha value is -1.99. The summed E-state index contributed by atoms with van der Waals surface area (Å²) in [6, 6.07) is 29.4. The monoisotopic (exact) mass is 290 g/mol. The third kappa shape index (κ3) is 2.50. The van der Waals surface area contributed by atoms with Crippen LogP contribution >= 0.6 is 12.6 Å². The van der Waals surface area contributed by atoms with Gasteiger partial charge in [-0.3, -0.25) is 0 Å². The molecule has 1 heteroatoms. The summed E-state index contributed by atoms with van der Waals surface area (Å²) < 4.78 is -0.437. The van der Waals surface area contributed by atoms with Crippen LogP contribution in [-0.4, -0.2) is 0 Å². The van der Waals surface area contributed by atoms with Gasteiger partial charge in [0.1, 0.15) is 0 Å². The topological polar surface area (TPSA) is 0 Å². The Balaban J connectivity index is 2.29. The average molecular weight is 290 g/mol. The van der Waals surface area contributed by atoms with Gasteiger partial charge < -0.3 is 0 Å². The average Bonchev–Trinajstić information content (AvgIpc) is 2.56. The molecule has 0 bridgehead atoms. The molecule has 0 spiro atoms. The van der Waals surface area contributed by atoms with Gasteiger partial charge in [-0.25, -0.2) is 0 Å². The lowest BCUT2D eigenvalue weighted by Gasteiger charge is -2.32. The second kappa shape index (κ2) is 5.79. The van der Waals surface area contributed by atoms with Crippen molar-refractivity contribution >= 4 is 12.6 Å². The molecule has 0 atom stereocenters.